The molecule has 2 N–H and O–H groups in total. The lowest BCUT2D eigenvalue weighted by Gasteiger charge is -2.12. The van der Waals surface area contributed by atoms with Crippen molar-refractivity contribution in [2.24, 2.45) is 5.73 Å². The van der Waals surface area contributed by atoms with Crippen molar-refractivity contribution in [1.29, 1.82) is 0 Å². The van der Waals surface area contributed by atoms with Gasteiger partial charge in [-0.1, -0.05) is 12.2 Å². The second kappa shape index (κ2) is 5.70. The minimum absolute atomic E-state index is 0.0582. The minimum Gasteiger partial charge on any atom is -0.359 e. The van der Waals surface area contributed by atoms with E-state index in [1.54, 1.807) is 0 Å². The molecule has 0 aromatic carbocycles. The summed E-state index contributed by atoms with van der Waals surface area (Å²) in [5, 5.41) is 0. The largest absolute Gasteiger partial charge is 0.418 e. The zero-order valence-electron chi connectivity index (χ0n) is 7.14. The van der Waals surface area contributed by atoms with Gasteiger partial charge in [0.2, 0.25) is 0 Å². The molecule has 1 amide bonds. The number of carbonyl (C=O) groups is 1. The highest BCUT2D eigenvalue weighted by atomic mass is 31.2. The first kappa shape index (κ1) is 12.1. The molecule has 0 bridgehead atoms. The number of hydrogen-bond donors (Lipinski definition) is 1. The first-order chi connectivity index (χ1) is 6.06. The smallest absolute Gasteiger partial charge is 0.359 e. The highest BCUT2D eigenvalue weighted by molar-refractivity contribution is 7.71. The maximum atomic E-state index is 11.4. The van der Waals surface area contributed by atoms with E-state index in [1.807, 2.05) is 0 Å². The third-order valence-corrected chi connectivity index (χ3v) is 2.51. The highest BCUT2D eigenvalue weighted by Gasteiger charge is 2.31. The van der Waals surface area contributed by atoms with Gasteiger partial charge >= 0.3 is 13.2 Å². The van der Waals surface area contributed by atoms with Gasteiger partial charge in [0.05, 0.1) is 13.2 Å². The van der Waals surface area contributed by atoms with Gasteiger partial charge in [0.15, 0.2) is 0 Å². The number of amides is 1. The molecule has 5 nitrogen and oxygen atoms in total. The van der Waals surface area contributed by atoms with Gasteiger partial charge in [-0.25, -0.2) is 4.57 Å². The summed E-state index contributed by atoms with van der Waals surface area (Å²) in [6, 6.07) is 0. The summed E-state index contributed by atoms with van der Waals surface area (Å²) in [6.07, 6.45) is 2.68. The van der Waals surface area contributed by atoms with E-state index in [0.717, 1.165) is 0 Å². The molecule has 0 aliphatic carbocycles. The number of nitrogens with two attached hydrogens (primary N) is 1. The van der Waals surface area contributed by atoms with E-state index in [9.17, 15) is 9.36 Å². The van der Waals surface area contributed by atoms with Crippen LogP contribution in [-0.2, 0) is 13.6 Å². The maximum Gasteiger partial charge on any atom is 0.418 e. The summed E-state index contributed by atoms with van der Waals surface area (Å²) in [4.78, 5) is 10.7. The normalized spacial score (nSPS) is 10.8. The van der Waals surface area contributed by atoms with Crippen molar-refractivity contribution in [2.45, 2.75) is 0 Å². The molecule has 6 heteroatoms. The molecule has 0 atom stereocenters. The molecule has 0 saturated heterocycles. The maximum absolute atomic E-state index is 11.4. The fraction of sp³-hybridized carbons (Fsp3) is 0.286. The molecular weight excluding hydrogens is 193 g/mol. The molecule has 0 aromatic rings. The van der Waals surface area contributed by atoms with E-state index < -0.39 is 13.2 Å². The van der Waals surface area contributed by atoms with Crippen molar-refractivity contribution in [2.75, 3.05) is 13.2 Å². The molecule has 0 spiro atoms. The third-order valence-electron chi connectivity index (χ3n) is 0.995. The van der Waals surface area contributed by atoms with Crippen LogP contribution in [0.2, 0.25) is 0 Å². The Bertz CT molecular complexity index is 235. The van der Waals surface area contributed by atoms with Gasteiger partial charge in [-0.3, -0.25) is 13.8 Å². The summed E-state index contributed by atoms with van der Waals surface area (Å²) < 4.78 is 20.7. The summed E-state index contributed by atoms with van der Waals surface area (Å²) in [5.41, 5.74) is 3.72. The number of rotatable bonds is 7. The Hall–Kier alpha value is -0.900. The van der Waals surface area contributed by atoms with Crippen LogP contribution in [0.4, 0.5) is 4.79 Å². The molecule has 0 aromatic heterocycles. The van der Waals surface area contributed by atoms with Crippen LogP contribution in [0.1, 0.15) is 0 Å². The number of carbonyl (C=O) groups excluding carboxylic acids is 1. The van der Waals surface area contributed by atoms with Gasteiger partial charge in [0, 0.05) is 0 Å². The lowest BCUT2D eigenvalue weighted by atomic mass is 10.7. The van der Waals surface area contributed by atoms with Crippen LogP contribution >= 0.6 is 7.60 Å². The summed E-state index contributed by atoms with van der Waals surface area (Å²) in [7, 11) is -3.83. The van der Waals surface area contributed by atoms with Crippen molar-refractivity contribution < 1.29 is 18.4 Å². The van der Waals surface area contributed by atoms with Crippen molar-refractivity contribution in [1.82, 2.24) is 0 Å². The Balaban J connectivity index is 4.33. The lowest BCUT2D eigenvalue weighted by molar-refractivity contribution is 0.222. The van der Waals surface area contributed by atoms with Crippen LogP contribution in [0.15, 0.2) is 25.3 Å². The van der Waals surface area contributed by atoms with Crippen LogP contribution in [0.5, 0.6) is 0 Å². The van der Waals surface area contributed by atoms with E-state index in [4.69, 9.17) is 5.73 Å². The average Bonchev–Trinajstić information content (AvgIpc) is 2.11. The van der Waals surface area contributed by atoms with Gasteiger partial charge in [0.1, 0.15) is 0 Å². The van der Waals surface area contributed by atoms with Crippen LogP contribution in [0.3, 0.4) is 0 Å². The molecule has 0 heterocycles. The fourth-order valence-electron chi connectivity index (χ4n) is 0.466. The minimum atomic E-state index is -3.83. The van der Waals surface area contributed by atoms with E-state index in [0.29, 0.717) is 0 Å². The van der Waals surface area contributed by atoms with E-state index in [2.05, 4.69) is 22.2 Å². The lowest BCUT2D eigenvalue weighted by Crippen LogP contribution is -2.13. The standard InChI is InChI=1S/C7H12NO4P/c1-3-5-11-13(10,7(8)9)12-6-4-2/h3-4H,1-2,5-6H2,(H2,8,9). The summed E-state index contributed by atoms with van der Waals surface area (Å²) in [5.74, 6) is 0. The topological polar surface area (TPSA) is 78.6 Å². The van der Waals surface area contributed by atoms with Crippen molar-refractivity contribution in [3.8, 4) is 0 Å². The van der Waals surface area contributed by atoms with Crippen molar-refractivity contribution >= 4 is 13.2 Å². The van der Waals surface area contributed by atoms with Gasteiger partial charge in [0.25, 0.3) is 0 Å². The summed E-state index contributed by atoms with van der Waals surface area (Å²) in [6.45, 7) is 6.54. The molecule has 0 fully saturated rings. The first-order valence-corrected chi connectivity index (χ1v) is 5.02. The molecule has 0 aliphatic heterocycles. The second-order valence-electron chi connectivity index (χ2n) is 2.00. The Labute approximate surface area is 76.7 Å². The molecule has 13 heavy (non-hydrogen) atoms. The van der Waals surface area contributed by atoms with Crippen LogP contribution in [0.25, 0.3) is 0 Å². The molecule has 0 rings (SSSR count). The van der Waals surface area contributed by atoms with Crippen LogP contribution in [-0.4, -0.2) is 18.9 Å². The van der Waals surface area contributed by atoms with Gasteiger partial charge in [-0.2, -0.15) is 0 Å². The molecule has 0 saturated carbocycles. The Morgan fingerprint density at radius 2 is 1.69 bits per heavy atom. The second-order valence-corrected chi connectivity index (χ2v) is 3.96. The van der Waals surface area contributed by atoms with Gasteiger partial charge in [-0.05, 0) is 0 Å². The highest BCUT2D eigenvalue weighted by Crippen LogP contribution is 2.47. The predicted molar refractivity (Wildman–Crippen MR) is 49.5 cm³/mol. The van der Waals surface area contributed by atoms with Gasteiger partial charge in [-0.15, -0.1) is 13.2 Å². The molecule has 0 aliphatic rings. The van der Waals surface area contributed by atoms with Crippen molar-refractivity contribution in [3.05, 3.63) is 25.3 Å². The van der Waals surface area contributed by atoms with E-state index in [-0.39, 0.29) is 13.2 Å². The quantitative estimate of drug-likeness (QED) is 0.506. The molecule has 0 unspecified atom stereocenters. The Kier molecular flexibility index (Phi) is 5.30. The fourth-order valence-corrected chi connectivity index (χ4v) is 1.40. The first-order valence-electron chi connectivity index (χ1n) is 3.47. The zero-order valence-corrected chi connectivity index (χ0v) is 8.04. The average molecular weight is 205 g/mol. The van der Waals surface area contributed by atoms with Crippen LogP contribution < -0.4 is 5.73 Å². The van der Waals surface area contributed by atoms with E-state index >= 15 is 0 Å². The van der Waals surface area contributed by atoms with Gasteiger partial charge < -0.3 is 5.73 Å². The molecular formula is C7H12NO4P. The van der Waals surface area contributed by atoms with Crippen LogP contribution in [0, 0.1) is 0 Å². The monoisotopic (exact) mass is 205 g/mol. The van der Waals surface area contributed by atoms with Crippen molar-refractivity contribution in [3.63, 3.8) is 0 Å². The SMILES string of the molecule is C=CCOP(=O)(OCC=C)C(N)=O. The van der Waals surface area contributed by atoms with E-state index in [1.165, 1.54) is 12.2 Å². The predicted octanol–water partition coefficient (Wildman–Crippen LogP) is 1.66. The summed E-state index contributed by atoms with van der Waals surface area (Å²) >= 11 is 0. The zero-order chi connectivity index (χ0) is 10.3. The Morgan fingerprint density at radius 3 is 1.92 bits per heavy atom. The number of hydrogen-bond acceptors (Lipinski definition) is 4. The number of primary amides is 1. The Morgan fingerprint density at radius 1 is 1.31 bits per heavy atom. The molecule has 0 radical (unpaired) electrons. The molecule has 74 valence electrons. The third kappa shape index (κ3) is 4.03.